The molecular weight excluding hydrogens is 530 g/mol. The lowest BCUT2D eigenvalue weighted by Gasteiger charge is -2.31. The molecule has 2 N–H and O–H groups in total. The fourth-order valence-corrected chi connectivity index (χ4v) is 7.38. The van der Waals surface area contributed by atoms with Crippen LogP contribution in [0.2, 0.25) is 0 Å². The summed E-state index contributed by atoms with van der Waals surface area (Å²) in [6.45, 7) is 7.69. The molecule has 0 amide bonds. The van der Waals surface area contributed by atoms with Gasteiger partial charge in [-0.25, -0.2) is 8.42 Å². The molecule has 1 aromatic heterocycles. The first kappa shape index (κ1) is 30.4. The third-order valence-electron chi connectivity index (χ3n) is 8.01. The summed E-state index contributed by atoms with van der Waals surface area (Å²) in [4.78, 5) is 18.5. The largest absolute Gasteiger partial charge is 0.493 e. The summed E-state index contributed by atoms with van der Waals surface area (Å²) < 4.78 is 36.6. The van der Waals surface area contributed by atoms with Gasteiger partial charge in [0.15, 0.2) is 0 Å². The van der Waals surface area contributed by atoms with Crippen molar-refractivity contribution in [2.75, 3.05) is 26.3 Å². The Morgan fingerprint density at radius 2 is 1.85 bits per heavy atom. The number of ether oxygens (including phenoxy) is 1. The molecule has 0 bridgehead atoms. The minimum Gasteiger partial charge on any atom is -0.493 e. The minimum atomic E-state index is -3.73. The van der Waals surface area contributed by atoms with Crippen LogP contribution in [-0.2, 0) is 36.0 Å². The van der Waals surface area contributed by atoms with Gasteiger partial charge in [-0.15, -0.1) is 0 Å². The number of rotatable bonds is 13. The van der Waals surface area contributed by atoms with Gasteiger partial charge in [0.05, 0.1) is 35.2 Å². The summed E-state index contributed by atoms with van der Waals surface area (Å²) in [7, 11) is -3.73. The predicted octanol–water partition coefficient (Wildman–Crippen LogP) is 3.95. The van der Waals surface area contributed by atoms with E-state index in [9.17, 15) is 18.3 Å². The fraction of sp³-hybridized carbons (Fsp3) is 0.600. The van der Waals surface area contributed by atoms with E-state index >= 15 is 0 Å². The predicted molar refractivity (Wildman–Crippen MR) is 156 cm³/mol. The maximum absolute atomic E-state index is 13.7. The summed E-state index contributed by atoms with van der Waals surface area (Å²) in [6.07, 6.45) is 5.80. The van der Waals surface area contributed by atoms with Gasteiger partial charge in [0.25, 0.3) is 5.56 Å². The second-order valence-electron chi connectivity index (χ2n) is 10.7. The molecule has 1 saturated heterocycles. The van der Waals surface area contributed by atoms with Crippen molar-refractivity contribution in [2.24, 2.45) is 10.9 Å². The summed E-state index contributed by atoms with van der Waals surface area (Å²) in [5.41, 5.74) is 3.68. The van der Waals surface area contributed by atoms with E-state index in [1.165, 1.54) is 0 Å². The molecule has 0 spiro atoms. The van der Waals surface area contributed by atoms with Crippen LogP contribution in [-0.4, -0.2) is 59.5 Å². The zero-order chi connectivity index (χ0) is 28.9. The second kappa shape index (κ2) is 13.4. The van der Waals surface area contributed by atoms with Gasteiger partial charge in [-0.3, -0.25) is 9.79 Å². The molecule has 1 fully saturated rings. The Morgan fingerprint density at radius 1 is 1.10 bits per heavy atom. The molecule has 9 nitrogen and oxygen atoms in total. The molecule has 40 heavy (non-hydrogen) atoms. The van der Waals surface area contributed by atoms with Crippen LogP contribution in [0, 0.1) is 5.92 Å². The Morgan fingerprint density at radius 3 is 2.48 bits per heavy atom. The van der Waals surface area contributed by atoms with E-state index in [-0.39, 0.29) is 30.1 Å². The van der Waals surface area contributed by atoms with Crippen molar-refractivity contribution in [3.63, 3.8) is 0 Å². The molecule has 2 aliphatic rings. The van der Waals surface area contributed by atoms with Crippen molar-refractivity contribution in [3.8, 4) is 5.75 Å². The molecule has 10 heteroatoms. The number of hydrogen-bond acceptors (Lipinski definition) is 7. The molecule has 220 valence electrons. The van der Waals surface area contributed by atoms with E-state index in [0.29, 0.717) is 72.5 Å². The van der Waals surface area contributed by atoms with Gasteiger partial charge in [-0.05, 0) is 69.6 Å². The van der Waals surface area contributed by atoms with Crippen LogP contribution >= 0.6 is 0 Å². The highest BCUT2D eigenvalue weighted by molar-refractivity contribution is 7.89. The lowest BCUT2D eigenvalue weighted by Crippen LogP contribution is -2.38. The van der Waals surface area contributed by atoms with E-state index in [1.807, 2.05) is 13.8 Å². The Labute approximate surface area is 237 Å². The molecule has 1 aromatic carbocycles. The lowest BCUT2D eigenvalue weighted by atomic mass is 9.93. The van der Waals surface area contributed by atoms with Crippen molar-refractivity contribution in [3.05, 3.63) is 50.9 Å². The number of fused-ring (bicyclic) bond motifs is 1. The van der Waals surface area contributed by atoms with Crippen molar-refractivity contribution in [1.82, 2.24) is 8.87 Å². The van der Waals surface area contributed by atoms with Crippen molar-refractivity contribution in [1.29, 1.82) is 0 Å². The summed E-state index contributed by atoms with van der Waals surface area (Å²) in [6, 6.07) is 4.95. The molecule has 0 atom stereocenters. The third-order valence-corrected chi connectivity index (χ3v) is 9.91. The average Bonchev–Trinajstić information content (AvgIpc) is 3.42. The van der Waals surface area contributed by atoms with E-state index in [2.05, 4.69) is 6.92 Å². The highest BCUT2D eigenvalue weighted by Gasteiger charge is 2.32. The van der Waals surface area contributed by atoms with E-state index < -0.39 is 10.0 Å². The number of aromatic nitrogens is 1. The summed E-state index contributed by atoms with van der Waals surface area (Å²) >= 11 is 0. The van der Waals surface area contributed by atoms with Crippen LogP contribution in [0.4, 0.5) is 5.69 Å². The monoisotopic (exact) mass is 573 g/mol. The van der Waals surface area contributed by atoms with Gasteiger partial charge in [0.1, 0.15) is 5.75 Å². The maximum Gasteiger partial charge on any atom is 0.256 e. The van der Waals surface area contributed by atoms with Crippen LogP contribution in [0.3, 0.4) is 0 Å². The Bertz CT molecular complexity index is 1390. The first-order valence-electron chi connectivity index (χ1n) is 14.6. The summed E-state index contributed by atoms with van der Waals surface area (Å²) in [5, 5.41) is 19.3. The average molecular weight is 574 g/mol. The smallest absolute Gasteiger partial charge is 0.256 e. The van der Waals surface area contributed by atoms with Crippen molar-refractivity contribution >= 4 is 21.4 Å². The van der Waals surface area contributed by atoms with Gasteiger partial charge in [-0.1, -0.05) is 20.3 Å². The SMILES string of the molecule is CCCOc1ccc(S(=O)(=O)N2CCC(CCCO)CC2)cc1C1=Nc2c(CCC)c(CO)n(CC)c(=O)c2C1. The zero-order valence-corrected chi connectivity index (χ0v) is 24.8. The normalized spacial score (nSPS) is 16.3. The second-order valence-corrected chi connectivity index (χ2v) is 12.6. The Balaban J connectivity index is 1.73. The minimum absolute atomic E-state index is 0.162. The van der Waals surface area contributed by atoms with Gasteiger partial charge in [0, 0.05) is 49.4 Å². The number of nitrogens with zero attached hydrogens (tertiary/aromatic N) is 3. The number of aliphatic hydroxyl groups is 2. The highest BCUT2D eigenvalue weighted by atomic mass is 32.2. The molecule has 3 heterocycles. The van der Waals surface area contributed by atoms with Crippen LogP contribution in [0.15, 0.2) is 32.9 Å². The summed E-state index contributed by atoms with van der Waals surface area (Å²) in [5.74, 6) is 0.976. The standard InChI is InChI=1S/C30H43N3O6S/c1-4-8-23-27(20-35)33(6-3)30(36)25-19-26(31-29(23)25)24-18-22(10-11-28(24)39-17-5-2)40(37,38)32-14-12-21(13-15-32)9-7-16-34/h10-11,18,21,34-35H,4-9,12-17,19-20H2,1-3H3. The van der Waals surface area contributed by atoms with Crippen LogP contribution < -0.4 is 10.3 Å². The lowest BCUT2D eigenvalue weighted by molar-refractivity contribution is 0.230. The number of benzene rings is 1. The van der Waals surface area contributed by atoms with Crippen molar-refractivity contribution < 1.29 is 23.4 Å². The van der Waals surface area contributed by atoms with E-state index in [1.54, 1.807) is 27.1 Å². The maximum atomic E-state index is 13.7. The molecule has 2 aromatic rings. The van der Waals surface area contributed by atoms with E-state index in [0.717, 1.165) is 44.1 Å². The topological polar surface area (TPSA) is 121 Å². The zero-order valence-electron chi connectivity index (χ0n) is 24.0. The number of hydrogen-bond donors (Lipinski definition) is 2. The Kier molecular flexibility index (Phi) is 10.2. The molecule has 0 unspecified atom stereocenters. The van der Waals surface area contributed by atoms with Gasteiger partial charge in [0.2, 0.25) is 10.0 Å². The number of aliphatic hydroxyl groups excluding tert-OH is 2. The molecule has 2 aliphatic heterocycles. The van der Waals surface area contributed by atoms with Gasteiger partial charge < -0.3 is 19.5 Å². The number of sulfonamides is 1. The Hall–Kier alpha value is -2.53. The highest BCUT2D eigenvalue weighted by Crippen LogP contribution is 2.37. The van der Waals surface area contributed by atoms with Gasteiger partial charge >= 0.3 is 0 Å². The third kappa shape index (κ3) is 6.05. The van der Waals surface area contributed by atoms with Crippen LogP contribution in [0.5, 0.6) is 5.75 Å². The molecule has 0 radical (unpaired) electrons. The molecule has 0 aliphatic carbocycles. The number of pyridine rings is 1. The van der Waals surface area contributed by atoms with E-state index in [4.69, 9.17) is 14.8 Å². The van der Waals surface area contributed by atoms with Gasteiger partial charge in [-0.2, -0.15) is 4.31 Å². The molecule has 0 saturated carbocycles. The fourth-order valence-electron chi connectivity index (χ4n) is 5.89. The number of piperidine rings is 1. The van der Waals surface area contributed by atoms with Crippen LogP contribution in [0.25, 0.3) is 0 Å². The first-order chi connectivity index (χ1) is 19.3. The molecular formula is C30H43N3O6S. The first-order valence-corrected chi connectivity index (χ1v) is 16.1. The quantitative estimate of drug-likeness (QED) is 0.374. The number of aliphatic imine (C=N–C) groups is 1. The van der Waals surface area contributed by atoms with Crippen LogP contribution in [0.1, 0.15) is 81.7 Å². The van der Waals surface area contributed by atoms with Crippen molar-refractivity contribution in [2.45, 2.75) is 90.2 Å². The molecule has 4 rings (SSSR count).